The summed E-state index contributed by atoms with van der Waals surface area (Å²) in [5, 5.41) is 12.2. The lowest BCUT2D eigenvalue weighted by atomic mass is 10.1. The van der Waals surface area contributed by atoms with Crippen molar-refractivity contribution in [1.29, 1.82) is 0 Å². The Kier molecular flexibility index (Phi) is 3.33. The van der Waals surface area contributed by atoms with Crippen LogP contribution in [-0.4, -0.2) is 23.3 Å². The molecule has 0 aliphatic heterocycles. The van der Waals surface area contributed by atoms with E-state index in [1.807, 2.05) is 0 Å². The van der Waals surface area contributed by atoms with Gasteiger partial charge in [0.1, 0.15) is 4.47 Å². The van der Waals surface area contributed by atoms with Crippen LogP contribution in [-0.2, 0) is 0 Å². The van der Waals surface area contributed by atoms with Gasteiger partial charge in [0.15, 0.2) is 17.3 Å². The van der Waals surface area contributed by atoms with E-state index in [9.17, 15) is 9.18 Å². The summed E-state index contributed by atoms with van der Waals surface area (Å²) in [6.07, 6.45) is 0. The molecule has 0 aliphatic rings. The Morgan fingerprint density at radius 3 is 2.78 bits per heavy atom. The van der Waals surface area contributed by atoms with Gasteiger partial charge >= 0.3 is 5.97 Å². The smallest absolute Gasteiger partial charge is 0.359 e. The van der Waals surface area contributed by atoms with E-state index in [0.29, 0.717) is 5.56 Å². The molecule has 0 saturated heterocycles. The molecule has 94 valence electrons. The standard InChI is InChI=1S/C11H7BrFNO4/c1-17-7-3-2-5(4-6(7)13)10-8(12)9(11(15)16)14-18-10/h2-4H,1H3,(H,15,16). The Hall–Kier alpha value is -1.89. The zero-order valence-corrected chi connectivity index (χ0v) is 10.7. The van der Waals surface area contributed by atoms with Crippen LogP contribution in [0.4, 0.5) is 4.39 Å². The van der Waals surface area contributed by atoms with E-state index < -0.39 is 11.8 Å². The molecule has 0 fully saturated rings. The molecule has 0 amide bonds. The Bertz CT molecular complexity index is 611. The van der Waals surface area contributed by atoms with Crippen LogP contribution >= 0.6 is 15.9 Å². The number of hydrogen-bond acceptors (Lipinski definition) is 4. The van der Waals surface area contributed by atoms with Gasteiger partial charge in [0, 0.05) is 5.56 Å². The van der Waals surface area contributed by atoms with Crippen LogP contribution in [0.15, 0.2) is 27.2 Å². The third kappa shape index (κ3) is 2.08. The van der Waals surface area contributed by atoms with Crippen molar-refractivity contribution in [2.24, 2.45) is 0 Å². The molecule has 0 atom stereocenters. The maximum Gasteiger partial charge on any atom is 0.359 e. The summed E-state index contributed by atoms with van der Waals surface area (Å²) in [4.78, 5) is 10.8. The second-order valence-electron chi connectivity index (χ2n) is 3.33. The minimum Gasteiger partial charge on any atom is -0.494 e. The summed E-state index contributed by atoms with van der Waals surface area (Å²) in [5.41, 5.74) is 0.0985. The van der Waals surface area contributed by atoms with Gasteiger partial charge in [0.2, 0.25) is 5.69 Å². The fraction of sp³-hybridized carbons (Fsp3) is 0.0909. The summed E-state index contributed by atoms with van der Waals surface area (Å²) < 4.78 is 23.3. The summed E-state index contributed by atoms with van der Waals surface area (Å²) in [5.74, 6) is -1.57. The van der Waals surface area contributed by atoms with E-state index in [-0.39, 0.29) is 21.7 Å². The van der Waals surface area contributed by atoms with E-state index in [1.165, 1.54) is 19.2 Å². The number of benzene rings is 1. The maximum absolute atomic E-state index is 13.5. The Balaban J connectivity index is 2.49. The minimum atomic E-state index is -1.23. The van der Waals surface area contributed by atoms with E-state index in [0.717, 1.165) is 0 Å². The number of ether oxygens (including phenoxy) is 1. The van der Waals surface area contributed by atoms with Crippen LogP contribution in [0.5, 0.6) is 5.75 Å². The fourth-order valence-corrected chi connectivity index (χ4v) is 1.94. The first-order chi connectivity index (χ1) is 8.54. The summed E-state index contributed by atoms with van der Waals surface area (Å²) in [6.45, 7) is 0. The monoisotopic (exact) mass is 315 g/mol. The average Bonchev–Trinajstić information content (AvgIpc) is 2.71. The summed E-state index contributed by atoms with van der Waals surface area (Å²) in [6, 6.07) is 4.13. The molecule has 0 aliphatic carbocycles. The van der Waals surface area contributed by atoms with E-state index >= 15 is 0 Å². The molecule has 1 N–H and O–H groups in total. The number of rotatable bonds is 3. The number of carboxylic acids is 1. The highest BCUT2D eigenvalue weighted by molar-refractivity contribution is 9.10. The second kappa shape index (κ2) is 4.77. The highest BCUT2D eigenvalue weighted by atomic mass is 79.9. The van der Waals surface area contributed by atoms with E-state index in [4.69, 9.17) is 14.4 Å². The predicted molar refractivity (Wildman–Crippen MR) is 63.1 cm³/mol. The van der Waals surface area contributed by atoms with Gasteiger partial charge in [-0.3, -0.25) is 0 Å². The Morgan fingerprint density at radius 1 is 1.56 bits per heavy atom. The topological polar surface area (TPSA) is 72.6 Å². The third-order valence-electron chi connectivity index (χ3n) is 2.25. The molecule has 7 heteroatoms. The number of halogens is 2. The van der Waals surface area contributed by atoms with Crippen LogP contribution in [0.1, 0.15) is 10.5 Å². The summed E-state index contributed by atoms with van der Waals surface area (Å²) >= 11 is 3.06. The quantitative estimate of drug-likeness (QED) is 0.942. The van der Waals surface area contributed by atoms with Crippen LogP contribution in [0.25, 0.3) is 11.3 Å². The molecule has 0 bridgehead atoms. The lowest BCUT2D eigenvalue weighted by molar-refractivity contribution is 0.0685. The van der Waals surface area contributed by atoms with Gasteiger partial charge in [-0.2, -0.15) is 0 Å². The Morgan fingerprint density at radius 2 is 2.28 bits per heavy atom. The van der Waals surface area contributed by atoms with Crippen LogP contribution in [0.3, 0.4) is 0 Å². The van der Waals surface area contributed by atoms with Gasteiger partial charge in [0.05, 0.1) is 7.11 Å². The third-order valence-corrected chi connectivity index (χ3v) is 2.99. The summed E-state index contributed by atoms with van der Waals surface area (Å²) in [7, 11) is 1.35. The maximum atomic E-state index is 13.5. The van der Waals surface area contributed by atoms with Gasteiger partial charge in [-0.15, -0.1) is 0 Å². The number of aromatic carboxylic acids is 1. The number of nitrogens with zero attached hydrogens (tertiary/aromatic N) is 1. The lowest BCUT2D eigenvalue weighted by Crippen LogP contribution is -1.96. The number of hydrogen-bond donors (Lipinski definition) is 1. The molecule has 1 aromatic carbocycles. The number of carboxylic acid groups (broad SMARTS) is 1. The first kappa shape index (κ1) is 12.6. The molecule has 0 unspecified atom stereocenters. The van der Waals surface area contributed by atoms with Gasteiger partial charge in [-0.1, -0.05) is 5.16 Å². The highest BCUT2D eigenvalue weighted by Crippen LogP contribution is 2.33. The van der Waals surface area contributed by atoms with Crippen LogP contribution in [0.2, 0.25) is 0 Å². The lowest BCUT2D eigenvalue weighted by Gasteiger charge is -2.02. The van der Waals surface area contributed by atoms with Crippen molar-refractivity contribution < 1.29 is 23.6 Å². The number of aromatic nitrogens is 1. The second-order valence-corrected chi connectivity index (χ2v) is 4.12. The van der Waals surface area contributed by atoms with Crippen molar-refractivity contribution in [3.05, 3.63) is 34.2 Å². The van der Waals surface area contributed by atoms with Crippen molar-refractivity contribution >= 4 is 21.9 Å². The molecular weight excluding hydrogens is 309 g/mol. The van der Waals surface area contributed by atoms with Crippen LogP contribution < -0.4 is 4.74 Å². The van der Waals surface area contributed by atoms with Crippen LogP contribution in [0, 0.1) is 5.82 Å². The molecule has 2 rings (SSSR count). The highest BCUT2D eigenvalue weighted by Gasteiger charge is 2.21. The largest absolute Gasteiger partial charge is 0.494 e. The molecule has 0 saturated carbocycles. The number of carbonyl (C=O) groups is 1. The molecule has 0 radical (unpaired) electrons. The first-order valence-electron chi connectivity index (χ1n) is 4.77. The van der Waals surface area contributed by atoms with Crippen molar-refractivity contribution in [2.75, 3.05) is 7.11 Å². The molecule has 1 aromatic heterocycles. The van der Waals surface area contributed by atoms with E-state index in [2.05, 4.69) is 21.1 Å². The molecular formula is C11H7BrFNO4. The molecule has 0 spiro atoms. The van der Waals surface area contributed by atoms with Gasteiger partial charge in [-0.25, -0.2) is 9.18 Å². The zero-order chi connectivity index (χ0) is 13.3. The molecule has 5 nitrogen and oxygen atoms in total. The van der Waals surface area contributed by atoms with E-state index in [1.54, 1.807) is 6.07 Å². The molecule has 18 heavy (non-hydrogen) atoms. The number of methoxy groups -OCH3 is 1. The van der Waals surface area contributed by atoms with Gasteiger partial charge < -0.3 is 14.4 Å². The van der Waals surface area contributed by atoms with Crippen molar-refractivity contribution in [3.63, 3.8) is 0 Å². The van der Waals surface area contributed by atoms with Crippen molar-refractivity contribution in [1.82, 2.24) is 5.16 Å². The van der Waals surface area contributed by atoms with Crippen molar-refractivity contribution in [3.8, 4) is 17.1 Å². The minimum absolute atomic E-state index is 0.0906. The van der Waals surface area contributed by atoms with Crippen molar-refractivity contribution in [2.45, 2.75) is 0 Å². The first-order valence-corrected chi connectivity index (χ1v) is 5.56. The van der Waals surface area contributed by atoms with Gasteiger partial charge in [0.25, 0.3) is 0 Å². The normalized spacial score (nSPS) is 10.4. The SMILES string of the molecule is COc1ccc(-c2onc(C(=O)O)c2Br)cc1F. The average molecular weight is 316 g/mol. The molecule has 2 aromatic rings. The van der Waals surface area contributed by atoms with Gasteiger partial charge in [-0.05, 0) is 34.1 Å². The Labute approximate surface area is 109 Å². The predicted octanol–water partition coefficient (Wildman–Crippen LogP) is 2.95. The zero-order valence-electron chi connectivity index (χ0n) is 9.11. The fourth-order valence-electron chi connectivity index (χ4n) is 1.40. The molecule has 1 heterocycles.